The minimum Gasteiger partial charge on any atom is -0.443 e. The quantitative estimate of drug-likeness (QED) is 0.129. The van der Waals surface area contributed by atoms with Crippen LogP contribution in [0.3, 0.4) is 0 Å². The fourth-order valence-electron chi connectivity index (χ4n) is 3.27. The molecule has 186 valence electrons. The summed E-state index contributed by atoms with van der Waals surface area (Å²) in [7, 11) is 0. The average Bonchev–Trinajstić information content (AvgIpc) is 3.47. The molecule has 0 aliphatic carbocycles. The van der Waals surface area contributed by atoms with Gasteiger partial charge in [0, 0.05) is 18.8 Å². The molecular weight excluding hydrogens is 494 g/mol. The maximum atomic E-state index is 12.1. The van der Waals surface area contributed by atoms with Crippen molar-refractivity contribution in [2.24, 2.45) is 26.2 Å². The van der Waals surface area contributed by atoms with Crippen molar-refractivity contribution in [1.29, 1.82) is 0 Å². The number of fused-ring (bicyclic) bond motifs is 1. The van der Waals surface area contributed by atoms with Crippen LogP contribution < -0.4 is 10.6 Å². The smallest absolute Gasteiger partial charge is 0.349 e. The molecule has 1 atom stereocenters. The Morgan fingerprint density at radius 1 is 0.917 bits per heavy atom. The van der Waals surface area contributed by atoms with Gasteiger partial charge in [0.15, 0.2) is 6.23 Å². The highest BCUT2D eigenvalue weighted by molar-refractivity contribution is 7.29. The number of hydrogen-bond donors (Lipinski definition) is 1. The SMILES string of the molecule is CCC(N)OC(=O)c1cc2sc(/N=N/c3ccc(/N=N/c4ccc(N(CC)CC)cc4)cc3)nc2s1. The Hall–Kier alpha value is -3.54. The van der Waals surface area contributed by atoms with E-state index in [0.29, 0.717) is 26.9 Å². The average molecular weight is 522 g/mol. The second-order valence-electron chi connectivity index (χ2n) is 7.73. The third-order valence-corrected chi connectivity index (χ3v) is 7.32. The molecule has 4 aromatic rings. The number of aromatic nitrogens is 1. The summed E-state index contributed by atoms with van der Waals surface area (Å²) in [6.45, 7) is 8.07. The number of hydrogen-bond acceptors (Lipinski definition) is 11. The summed E-state index contributed by atoms with van der Waals surface area (Å²) in [5.74, 6) is -0.434. The summed E-state index contributed by atoms with van der Waals surface area (Å²) in [6, 6.07) is 17.1. The molecule has 36 heavy (non-hydrogen) atoms. The molecule has 1 unspecified atom stereocenters. The van der Waals surface area contributed by atoms with Crippen LogP contribution in [0.25, 0.3) is 9.53 Å². The molecule has 2 aromatic heterocycles. The minimum atomic E-state index is -0.605. The molecule has 0 aliphatic rings. The van der Waals surface area contributed by atoms with Crippen LogP contribution in [-0.4, -0.2) is 30.3 Å². The van der Waals surface area contributed by atoms with E-state index >= 15 is 0 Å². The monoisotopic (exact) mass is 521 g/mol. The van der Waals surface area contributed by atoms with Crippen LogP contribution in [-0.2, 0) is 4.74 Å². The summed E-state index contributed by atoms with van der Waals surface area (Å²) in [6.07, 6.45) is -0.0460. The van der Waals surface area contributed by atoms with Crippen LogP contribution in [0.2, 0.25) is 0 Å². The van der Waals surface area contributed by atoms with Gasteiger partial charge >= 0.3 is 5.97 Å². The number of anilines is 1. The van der Waals surface area contributed by atoms with E-state index in [1.807, 2.05) is 43.3 Å². The van der Waals surface area contributed by atoms with E-state index in [1.54, 1.807) is 6.07 Å². The maximum Gasteiger partial charge on any atom is 0.349 e. The number of rotatable bonds is 10. The topological polar surface area (TPSA) is 118 Å². The maximum absolute atomic E-state index is 12.1. The summed E-state index contributed by atoms with van der Waals surface area (Å²) in [4.78, 5) is 20.0. The zero-order chi connectivity index (χ0) is 25.5. The third kappa shape index (κ3) is 6.36. The Morgan fingerprint density at radius 3 is 2.00 bits per heavy atom. The van der Waals surface area contributed by atoms with Gasteiger partial charge in [0.25, 0.3) is 0 Å². The molecule has 0 spiro atoms. The van der Waals surface area contributed by atoms with Gasteiger partial charge in [-0.25, -0.2) is 9.78 Å². The molecule has 0 radical (unpaired) electrons. The van der Waals surface area contributed by atoms with Crippen molar-refractivity contribution in [2.45, 2.75) is 33.4 Å². The Balaban J connectivity index is 1.36. The van der Waals surface area contributed by atoms with E-state index < -0.39 is 12.2 Å². The first kappa shape index (κ1) is 25.5. The van der Waals surface area contributed by atoms with Gasteiger partial charge in [0.1, 0.15) is 9.71 Å². The summed E-state index contributed by atoms with van der Waals surface area (Å²) in [5, 5.41) is 17.6. The fourth-order valence-corrected chi connectivity index (χ4v) is 5.18. The lowest BCUT2D eigenvalue weighted by Gasteiger charge is -2.20. The Bertz CT molecular complexity index is 1330. The van der Waals surface area contributed by atoms with Gasteiger partial charge in [-0.1, -0.05) is 18.3 Å². The minimum absolute atomic E-state index is 0.434. The number of azo groups is 2. The van der Waals surface area contributed by atoms with Crippen LogP contribution in [0.15, 0.2) is 75.1 Å². The zero-order valence-corrected chi connectivity index (χ0v) is 21.9. The predicted octanol–water partition coefficient (Wildman–Crippen LogP) is 7.89. The third-order valence-electron chi connectivity index (χ3n) is 5.30. The summed E-state index contributed by atoms with van der Waals surface area (Å²) in [5.41, 5.74) is 9.05. The lowest BCUT2D eigenvalue weighted by atomic mass is 10.2. The number of esters is 1. The Kier molecular flexibility index (Phi) is 8.47. The molecule has 11 heteroatoms. The lowest BCUT2D eigenvalue weighted by molar-refractivity contribution is 0.0314. The molecule has 0 amide bonds. The number of thiophene rings is 1. The van der Waals surface area contributed by atoms with Crippen molar-refractivity contribution in [3.05, 3.63) is 59.5 Å². The first-order valence-corrected chi connectivity index (χ1v) is 13.3. The summed E-state index contributed by atoms with van der Waals surface area (Å²) >= 11 is 2.61. The van der Waals surface area contributed by atoms with E-state index in [1.165, 1.54) is 28.4 Å². The van der Waals surface area contributed by atoms with Gasteiger partial charge in [-0.05, 0) is 74.9 Å². The number of carbonyl (C=O) groups excluding carboxylic acids is 1. The molecule has 0 saturated carbocycles. The van der Waals surface area contributed by atoms with E-state index in [-0.39, 0.29) is 0 Å². The van der Waals surface area contributed by atoms with E-state index in [2.05, 4.69) is 56.3 Å². The highest BCUT2D eigenvalue weighted by atomic mass is 32.1. The first-order chi connectivity index (χ1) is 17.5. The second kappa shape index (κ2) is 11.9. The van der Waals surface area contributed by atoms with Gasteiger partial charge in [-0.15, -0.1) is 21.6 Å². The molecule has 2 aromatic carbocycles. The Labute approximate surface area is 217 Å². The normalized spacial score (nSPS) is 12.6. The highest BCUT2D eigenvalue weighted by Crippen LogP contribution is 2.35. The molecular formula is C25H27N7O2S2. The molecule has 2 heterocycles. The van der Waals surface area contributed by atoms with Crippen molar-refractivity contribution >= 4 is 66.1 Å². The summed E-state index contributed by atoms with van der Waals surface area (Å²) < 4.78 is 6.02. The van der Waals surface area contributed by atoms with E-state index in [0.717, 1.165) is 29.2 Å². The van der Waals surface area contributed by atoms with Gasteiger partial charge in [-0.2, -0.15) is 10.2 Å². The van der Waals surface area contributed by atoms with Crippen molar-refractivity contribution in [1.82, 2.24) is 4.98 Å². The Morgan fingerprint density at radius 2 is 1.47 bits per heavy atom. The van der Waals surface area contributed by atoms with Crippen LogP contribution >= 0.6 is 22.7 Å². The van der Waals surface area contributed by atoms with E-state index in [9.17, 15) is 4.79 Å². The molecule has 0 fully saturated rings. The number of ether oxygens (including phenoxy) is 1. The number of thiazole rings is 1. The fraction of sp³-hybridized carbons (Fsp3) is 0.280. The molecule has 0 aliphatic heterocycles. The highest BCUT2D eigenvalue weighted by Gasteiger charge is 2.17. The van der Waals surface area contributed by atoms with Crippen LogP contribution in [0.4, 0.5) is 27.9 Å². The molecule has 4 rings (SSSR count). The standard InChI is InChI=1S/C25H27N7O2S2/c1-4-22(26)34-24(33)21-15-20-23(35-21)27-25(36-20)31-30-17-9-7-16(8-10-17)28-29-18-11-13-19(14-12-18)32(5-2)6-3/h7-15,22H,4-6,26H2,1-3H3/b29-28+,31-30+. The van der Waals surface area contributed by atoms with Crippen LogP contribution in [0.1, 0.15) is 36.9 Å². The molecule has 2 N–H and O–H groups in total. The van der Waals surface area contributed by atoms with Gasteiger partial charge < -0.3 is 9.64 Å². The van der Waals surface area contributed by atoms with Crippen molar-refractivity contribution in [2.75, 3.05) is 18.0 Å². The van der Waals surface area contributed by atoms with Crippen molar-refractivity contribution < 1.29 is 9.53 Å². The van der Waals surface area contributed by atoms with Gasteiger partial charge in [-0.3, -0.25) is 5.73 Å². The second-order valence-corrected chi connectivity index (χ2v) is 9.77. The largest absolute Gasteiger partial charge is 0.443 e. The molecule has 0 saturated heterocycles. The molecule has 9 nitrogen and oxygen atoms in total. The first-order valence-electron chi connectivity index (χ1n) is 11.6. The van der Waals surface area contributed by atoms with Crippen LogP contribution in [0, 0.1) is 0 Å². The number of carbonyl (C=O) groups is 1. The van der Waals surface area contributed by atoms with E-state index in [4.69, 9.17) is 10.5 Å². The van der Waals surface area contributed by atoms with Crippen molar-refractivity contribution in [3.63, 3.8) is 0 Å². The van der Waals surface area contributed by atoms with Gasteiger partial charge in [0.2, 0.25) is 5.13 Å². The number of nitrogens with two attached hydrogens (primary N) is 1. The van der Waals surface area contributed by atoms with Gasteiger partial charge in [0.05, 0.1) is 21.8 Å². The lowest BCUT2D eigenvalue weighted by Crippen LogP contribution is -2.25. The predicted molar refractivity (Wildman–Crippen MR) is 146 cm³/mol. The number of benzene rings is 2. The van der Waals surface area contributed by atoms with Crippen LogP contribution in [0.5, 0.6) is 0 Å². The van der Waals surface area contributed by atoms with Crippen molar-refractivity contribution in [3.8, 4) is 0 Å². The number of nitrogens with zero attached hydrogens (tertiary/aromatic N) is 6. The molecule has 0 bridgehead atoms. The zero-order valence-electron chi connectivity index (χ0n) is 20.3.